The predicted octanol–water partition coefficient (Wildman–Crippen LogP) is 11.5. The molecule has 7 nitrogen and oxygen atoms in total. The van der Waals surface area contributed by atoms with Crippen molar-refractivity contribution >= 4 is 6.09 Å². The number of hydrogen-bond donors (Lipinski definition) is 1. The van der Waals surface area contributed by atoms with E-state index >= 15 is 0 Å². The van der Waals surface area contributed by atoms with E-state index in [-0.39, 0.29) is 40.0 Å². The minimum atomic E-state index is -5.16. The van der Waals surface area contributed by atoms with E-state index < -0.39 is 71.4 Å². The molecule has 1 amide bonds. The van der Waals surface area contributed by atoms with Crippen LogP contribution in [0.2, 0.25) is 0 Å². The van der Waals surface area contributed by atoms with Crippen molar-refractivity contribution in [3.63, 3.8) is 0 Å². The van der Waals surface area contributed by atoms with Crippen molar-refractivity contribution in [1.29, 1.82) is 0 Å². The highest BCUT2D eigenvalue weighted by Gasteiger charge is 2.44. The monoisotopic (exact) mass is 876 g/mol. The van der Waals surface area contributed by atoms with E-state index in [9.17, 15) is 48.7 Å². The summed E-state index contributed by atoms with van der Waals surface area (Å²) in [7, 11) is 1.23. The Morgan fingerprint density at radius 3 is 2.08 bits per heavy atom. The van der Waals surface area contributed by atoms with Gasteiger partial charge >= 0.3 is 24.6 Å². The molecule has 0 bridgehead atoms. The topological polar surface area (TPSA) is 76.6 Å². The van der Waals surface area contributed by atoms with Crippen LogP contribution in [0.4, 0.5) is 48.7 Å². The van der Waals surface area contributed by atoms with E-state index in [0.29, 0.717) is 12.1 Å². The van der Waals surface area contributed by atoms with Gasteiger partial charge in [-0.3, -0.25) is 4.90 Å². The third-order valence-corrected chi connectivity index (χ3v) is 10.7. The number of methoxy groups -OCH3 is 1. The molecular formula is C45H42F10N4O3. The summed E-state index contributed by atoms with van der Waals surface area (Å²) in [4.78, 5) is 23.0. The molecule has 0 unspecified atom stereocenters. The molecule has 330 valence electrons. The first kappa shape index (κ1) is 45.8. The normalized spacial score (nSPS) is 17.0. The summed E-state index contributed by atoms with van der Waals surface area (Å²) in [5.74, 6) is -0.0396. The second-order valence-corrected chi connectivity index (χ2v) is 15.3. The molecule has 0 saturated carbocycles. The minimum Gasteiger partial charge on any atom is -0.496 e. The number of alkyl halides is 9. The first-order valence-electron chi connectivity index (χ1n) is 19.6. The maximum absolute atomic E-state index is 14.7. The highest BCUT2D eigenvalue weighted by molar-refractivity contribution is 5.76. The van der Waals surface area contributed by atoms with Crippen molar-refractivity contribution in [2.24, 2.45) is 0 Å². The predicted molar refractivity (Wildman–Crippen MR) is 210 cm³/mol. The van der Waals surface area contributed by atoms with E-state index in [4.69, 9.17) is 14.5 Å². The Balaban J connectivity index is 0.000000293. The van der Waals surface area contributed by atoms with Gasteiger partial charge in [-0.25, -0.2) is 19.2 Å². The van der Waals surface area contributed by atoms with Gasteiger partial charge in [-0.05, 0) is 95.6 Å². The van der Waals surface area contributed by atoms with Crippen molar-refractivity contribution in [3.05, 3.63) is 147 Å². The van der Waals surface area contributed by atoms with E-state index in [1.807, 2.05) is 12.3 Å². The number of carbonyl (C=O) groups excluding carboxylic acids is 1. The smallest absolute Gasteiger partial charge is 0.416 e. The third-order valence-electron chi connectivity index (χ3n) is 10.7. The van der Waals surface area contributed by atoms with Gasteiger partial charge < -0.3 is 14.8 Å². The van der Waals surface area contributed by atoms with Crippen LogP contribution in [-0.2, 0) is 49.1 Å². The number of rotatable bonds is 8. The minimum absolute atomic E-state index is 0.0218. The lowest BCUT2D eigenvalue weighted by atomic mass is 9.91. The molecule has 1 aromatic heterocycles. The number of carbonyl (C=O) groups is 1. The maximum Gasteiger partial charge on any atom is 0.416 e. The lowest BCUT2D eigenvalue weighted by Crippen LogP contribution is -2.32. The van der Waals surface area contributed by atoms with Gasteiger partial charge in [0, 0.05) is 42.9 Å². The summed E-state index contributed by atoms with van der Waals surface area (Å²) >= 11 is 0. The van der Waals surface area contributed by atoms with Gasteiger partial charge in [-0.2, -0.15) is 39.5 Å². The van der Waals surface area contributed by atoms with E-state index in [0.717, 1.165) is 67.3 Å². The number of ether oxygens (including phenoxy) is 2. The van der Waals surface area contributed by atoms with Gasteiger partial charge in [0.15, 0.2) is 0 Å². The average Bonchev–Trinajstić information content (AvgIpc) is 3.33. The van der Waals surface area contributed by atoms with Crippen LogP contribution in [0.3, 0.4) is 0 Å². The summed E-state index contributed by atoms with van der Waals surface area (Å²) in [6.45, 7) is 6.15. The van der Waals surface area contributed by atoms with Crippen molar-refractivity contribution in [1.82, 2.24) is 20.2 Å². The Labute approximate surface area is 351 Å². The summed E-state index contributed by atoms with van der Waals surface area (Å²) < 4.78 is 147. The average molecular weight is 877 g/mol. The second kappa shape index (κ2) is 18.3. The second-order valence-electron chi connectivity index (χ2n) is 15.3. The number of nitrogens with one attached hydrogen (secondary N) is 1. The van der Waals surface area contributed by atoms with E-state index in [2.05, 4.69) is 34.6 Å². The van der Waals surface area contributed by atoms with Gasteiger partial charge in [0.05, 0.1) is 36.4 Å². The van der Waals surface area contributed by atoms with Gasteiger partial charge in [0.25, 0.3) is 0 Å². The highest BCUT2D eigenvalue weighted by atomic mass is 19.4. The van der Waals surface area contributed by atoms with Crippen LogP contribution in [0.15, 0.2) is 85.1 Å². The number of nitrogens with zero attached hydrogens (tertiary/aromatic N) is 3. The number of cyclic esters (lactones) is 1. The van der Waals surface area contributed by atoms with Crippen molar-refractivity contribution < 1.29 is 58.2 Å². The molecule has 2 aliphatic heterocycles. The number of hydrogen-bond acceptors (Lipinski definition) is 6. The largest absolute Gasteiger partial charge is 0.496 e. The molecule has 0 aliphatic carbocycles. The molecule has 2 aliphatic rings. The molecule has 0 radical (unpaired) electrons. The highest BCUT2D eigenvalue weighted by Crippen LogP contribution is 2.43. The van der Waals surface area contributed by atoms with Crippen LogP contribution in [-0.4, -0.2) is 47.2 Å². The van der Waals surface area contributed by atoms with Crippen molar-refractivity contribution in [2.75, 3.05) is 20.2 Å². The quantitative estimate of drug-likeness (QED) is 0.157. The lowest BCUT2D eigenvalue weighted by molar-refractivity contribution is -0.143. The first-order valence-corrected chi connectivity index (χ1v) is 19.6. The molecule has 1 saturated heterocycles. The Morgan fingerprint density at radius 2 is 1.47 bits per heavy atom. The van der Waals surface area contributed by atoms with Gasteiger partial charge in [0.2, 0.25) is 0 Å². The number of benzene rings is 4. The number of halogens is 10. The van der Waals surface area contributed by atoms with Gasteiger partial charge in [0.1, 0.15) is 23.5 Å². The molecule has 1 fully saturated rings. The van der Waals surface area contributed by atoms with Crippen LogP contribution in [0.5, 0.6) is 5.75 Å². The van der Waals surface area contributed by atoms with E-state index in [1.165, 1.54) is 36.9 Å². The van der Waals surface area contributed by atoms with Crippen LogP contribution in [0, 0.1) is 5.82 Å². The molecule has 2 atom stereocenters. The summed E-state index contributed by atoms with van der Waals surface area (Å²) in [6.07, 6.45) is -13.0. The zero-order valence-electron chi connectivity index (χ0n) is 33.9. The molecule has 0 spiro atoms. The number of amides is 1. The Hall–Kier alpha value is -5.71. The zero-order valence-corrected chi connectivity index (χ0v) is 33.9. The summed E-state index contributed by atoms with van der Waals surface area (Å²) in [6, 6.07) is 15.1. The lowest BCUT2D eigenvalue weighted by Gasteiger charge is -2.24. The standard InChI is InChI=1S/C30H25F10NO3.C15H17N3/c1-14(2)22-11-23(25(43-4)12-24(22)31)21-6-5-18(28(32,33)34)9-17(21)13-41-15(3)26(44-27(41)42)16-7-19(29(35,36)37)10-20(8-16)30(38,39)40;1-2-4-12(5-3-1)10-15-17-11-13-6-8-16-9-7-14(13)18-15/h5-12,14-15,26H,13H2,1-4H3;1-5,11,16H,6-10H2/t15-,26-;/m0./s1. The van der Waals surface area contributed by atoms with E-state index in [1.54, 1.807) is 13.8 Å². The fourth-order valence-electron chi connectivity index (χ4n) is 7.37. The van der Waals surface area contributed by atoms with Crippen LogP contribution in [0.25, 0.3) is 11.1 Å². The van der Waals surface area contributed by atoms with Crippen molar-refractivity contribution in [3.8, 4) is 16.9 Å². The number of fused-ring (bicyclic) bond motifs is 1. The molecule has 7 rings (SSSR count). The SMILES string of the molecule is COc1cc(F)c(C(C)C)cc1-c1ccc(C(F)(F)F)cc1CN1C(=O)O[C@H](c2cc(C(F)(F)F)cc(C(F)(F)F)c2)[C@@H]1C.c1ccc(Cc2ncc3c(n2)CCNCC3)cc1. The van der Waals surface area contributed by atoms with Crippen molar-refractivity contribution in [2.45, 2.75) is 83.2 Å². The van der Waals surface area contributed by atoms with Crippen LogP contribution < -0.4 is 10.1 Å². The summed E-state index contributed by atoms with van der Waals surface area (Å²) in [5.41, 5.74) is -0.685. The van der Waals surface area contributed by atoms with Gasteiger partial charge in [-0.15, -0.1) is 0 Å². The van der Waals surface area contributed by atoms with Gasteiger partial charge in [-0.1, -0.05) is 50.2 Å². The summed E-state index contributed by atoms with van der Waals surface area (Å²) in [5, 5.41) is 3.40. The molecule has 1 N–H and O–H groups in total. The molecule has 5 aromatic rings. The molecule has 17 heteroatoms. The molecule has 4 aromatic carbocycles. The Morgan fingerprint density at radius 1 is 0.823 bits per heavy atom. The van der Waals surface area contributed by atoms with Crippen LogP contribution >= 0.6 is 0 Å². The Bertz CT molecular complexity index is 2350. The molecule has 62 heavy (non-hydrogen) atoms. The fraction of sp³-hybridized carbons (Fsp3) is 0.356. The number of aromatic nitrogens is 2. The maximum atomic E-state index is 14.7. The Kier molecular flexibility index (Phi) is 13.5. The zero-order chi connectivity index (χ0) is 45.1. The molecule has 3 heterocycles. The first-order chi connectivity index (χ1) is 29.1. The fourth-order valence-corrected chi connectivity index (χ4v) is 7.37. The van der Waals surface area contributed by atoms with Crippen LogP contribution in [0.1, 0.15) is 88.8 Å². The molecular weight excluding hydrogens is 834 g/mol. The third kappa shape index (κ3) is 10.7.